The molecular formula is C17H17BrN2O. The van der Waals surface area contributed by atoms with Gasteiger partial charge in [-0.3, -0.25) is 4.79 Å². The lowest BCUT2D eigenvalue weighted by Crippen LogP contribution is -2.35. The summed E-state index contributed by atoms with van der Waals surface area (Å²) < 4.78 is 1.05. The highest BCUT2D eigenvalue weighted by molar-refractivity contribution is 9.10. The summed E-state index contributed by atoms with van der Waals surface area (Å²) in [5.41, 5.74) is 4.28. The van der Waals surface area contributed by atoms with Crippen molar-refractivity contribution in [2.45, 2.75) is 19.4 Å². The number of anilines is 1. The molecule has 3 nitrogen and oxygen atoms in total. The summed E-state index contributed by atoms with van der Waals surface area (Å²) in [6.07, 6.45) is 0. The number of amides is 1. The molecule has 2 aromatic rings. The zero-order valence-corrected chi connectivity index (χ0v) is 13.4. The minimum absolute atomic E-state index is 0.0383. The molecule has 1 unspecified atom stereocenters. The average molecular weight is 345 g/mol. The van der Waals surface area contributed by atoms with Crippen molar-refractivity contribution in [1.82, 2.24) is 5.32 Å². The Morgan fingerprint density at radius 1 is 1.29 bits per heavy atom. The molecule has 2 aromatic carbocycles. The van der Waals surface area contributed by atoms with Crippen molar-refractivity contribution in [3.63, 3.8) is 0 Å². The van der Waals surface area contributed by atoms with Gasteiger partial charge in [0.25, 0.3) is 0 Å². The van der Waals surface area contributed by atoms with Gasteiger partial charge in [-0.05, 0) is 41.8 Å². The molecule has 0 saturated heterocycles. The van der Waals surface area contributed by atoms with Gasteiger partial charge in [0.2, 0.25) is 5.91 Å². The van der Waals surface area contributed by atoms with Gasteiger partial charge >= 0.3 is 0 Å². The van der Waals surface area contributed by atoms with Crippen molar-refractivity contribution in [2.24, 2.45) is 0 Å². The minimum Gasteiger partial charge on any atom is -0.326 e. The SMILES string of the molecule is Cc1cc(NC(=O)C2CNCc3ccccc32)ccc1Br. The van der Waals surface area contributed by atoms with Crippen LogP contribution >= 0.6 is 15.9 Å². The molecule has 1 heterocycles. The van der Waals surface area contributed by atoms with E-state index in [2.05, 4.69) is 32.6 Å². The fraction of sp³-hybridized carbons (Fsp3) is 0.235. The molecule has 1 atom stereocenters. The van der Waals surface area contributed by atoms with Gasteiger partial charge < -0.3 is 10.6 Å². The fourth-order valence-electron chi connectivity index (χ4n) is 2.68. The van der Waals surface area contributed by atoms with Crippen LogP contribution in [0, 0.1) is 6.92 Å². The number of hydrogen-bond donors (Lipinski definition) is 2. The highest BCUT2D eigenvalue weighted by Crippen LogP contribution is 2.26. The third-order valence-corrected chi connectivity index (χ3v) is 4.73. The van der Waals surface area contributed by atoms with E-state index in [4.69, 9.17) is 0 Å². The Balaban J connectivity index is 1.81. The Morgan fingerprint density at radius 2 is 2.10 bits per heavy atom. The summed E-state index contributed by atoms with van der Waals surface area (Å²) in [6, 6.07) is 14.0. The van der Waals surface area contributed by atoms with Gasteiger partial charge in [0, 0.05) is 23.2 Å². The molecule has 0 aliphatic carbocycles. The molecule has 4 heteroatoms. The van der Waals surface area contributed by atoms with Crippen LogP contribution in [0.15, 0.2) is 46.9 Å². The number of carbonyl (C=O) groups is 1. The van der Waals surface area contributed by atoms with E-state index in [-0.39, 0.29) is 11.8 Å². The van der Waals surface area contributed by atoms with Crippen molar-refractivity contribution < 1.29 is 4.79 Å². The molecule has 1 amide bonds. The highest BCUT2D eigenvalue weighted by Gasteiger charge is 2.25. The number of rotatable bonds is 2. The molecule has 0 spiro atoms. The van der Waals surface area contributed by atoms with E-state index in [0.717, 1.165) is 27.8 Å². The molecule has 3 rings (SSSR count). The van der Waals surface area contributed by atoms with Crippen LogP contribution in [-0.2, 0) is 11.3 Å². The maximum absolute atomic E-state index is 12.6. The molecule has 0 aromatic heterocycles. The summed E-state index contributed by atoms with van der Waals surface area (Å²) in [7, 11) is 0. The molecule has 2 N–H and O–H groups in total. The number of benzene rings is 2. The molecule has 0 fully saturated rings. The molecule has 108 valence electrons. The van der Waals surface area contributed by atoms with Crippen molar-refractivity contribution in [1.29, 1.82) is 0 Å². The van der Waals surface area contributed by atoms with Gasteiger partial charge in [-0.2, -0.15) is 0 Å². The van der Waals surface area contributed by atoms with E-state index in [0.29, 0.717) is 6.54 Å². The van der Waals surface area contributed by atoms with E-state index in [1.165, 1.54) is 5.56 Å². The van der Waals surface area contributed by atoms with Gasteiger partial charge in [0.15, 0.2) is 0 Å². The van der Waals surface area contributed by atoms with Crippen LogP contribution in [0.3, 0.4) is 0 Å². The minimum atomic E-state index is -0.140. The standard InChI is InChI=1S/C17H17BrN2O/c1-11-8-13(6-7-16(11)18)20-17(21)15-10-19-9-12-4-2-3-5-14(12)15/h2-8,15,19H,9-10H2,1H3,(H,20,21). The van der Waals surface area contributed by atoms with Gasteiger partial charge in [0.1, 0.15) is 0 Å². The fourth-order valence-corrected chi connectivity index (χ4v) is 2.93. The molecule has 1 aliphatic rings. The second kappa shape index (κ2) is 6.00. The lowest BCUT2D eigenvalue weighted by atomic mass is 9.90. The molecule has 21 heavy (non-hydrogen) atoms. The van der Waals surface area contributed by atoms with E-state index >= 15 is 0 Å². The van der Waals surface area contributed by atoms with Crippen molar-refractivity contribution in [2.75, 3.05) is 11.9 Å². The maximum atomic E-state index is 12.6. The van der Waals surface area contributed by atoms with Gasteiger partial charge in [-0.15, -0.1) is 0 Å². The largest absolute Gasteiger partial charge is 0.326 e. The van der Waals surface area contributed by atoms with Crippen molar-refractivity contribution in [3.8, 4) is 0 Å². The van der Waals surface area contributed by atoms with E-state index < -0.39 is 0 Å². The molecule has 0 saturated carbocycles. The predicted octanol–water partition coefficient (Wildman–Crippen LogP) is 3.58. The third kappa shape index (κ3) is 3.01. The van der Waals surface area contributed by atoms with Crippen LogP contribution in [0.5, 0.6) is 0 Å². The summed E-state index contributed by atoms with van der Waals surface area (Å²) >= 11 is 3.47. The topological polar surface area (TPSA) is 41.1 Å². The quantitative estimate of drug-likeness (QED) is 0.874. The molecule has 1 aliphatic heterocycles. The number of carbonyl (C=O) groups excluding carboxylic acids is 1. The van der Waals surface area contributed by atoms with Gasteiger partial charge in [-0.25, -0.2) is 0 Å². The Bertz CT molecular complexity index is 684. The number of fused-ring (bicyclic) bond motifs is 1. The Labute approximate surface area is 132 Å². The van der Waals surface area contributed by atoms with Crippen molar-refractivity contribution in [3.05, 3.63) is 63.6 Å². The normalized spacial score (nSPS) is 17.1. The lowest BCUT2D eigenvalue weighted by molar-refractivity contribution is -0.117. The van der Waals surface area contributed by atoms with Crippen LogP contribution in [0.4, 0.5) is 5.69 Å². The average Bonchev–Trinajstić information content (AvgIpc) is 2.50. The second-order valence-corrected chi connectivity index (χ2v) is 6.19. The summed E-state index contributed by atoms with van der Waals surface area (Å²) in [5, 5.41) is 6.33. The first kappa shape index (κ1) is 14.3. The summed E-state index contributed by atoms with van der Waals surface area (Å²) in [5.74, 6) is -0.102. The maximum Gasteiger partial charge on any atom is 0.233 e. The van der Waals surface area contributed by atoms with Crippen molar-refractivity contribution >= 4 is 27.5 Å². The van der Waals surface area contributed by atoms with Crippen LogP contribution in [-0.4, -0.2) is 12.5 Å². The summed E-state index contributed by atoms with van der Waals surface area (Å²) in [6.45, 7) is 3.52. The van der Waals surface area contributed by atoms with Gasteiger partial charge in [0.05, 0.1) is 5.92 Å². The first-order valence-corrected chi connectivity index (χ1v) is 7.80. The Hall–Kier alpha value is -1.65. The zero-order chi connectivity index (χ0) is 14.8. The molecule has 0 radical (unpaired) electrons. The lowest BCUT2D eigenvalue weighted by Gasteiger charge is -2.25. The Morgan fingerprint density at radius 3 is 2.90 bits per heavy atom. The number of nitrogens with one attached hydrogen (secondary N) is 2. The number of hydrogen-bond acceptors (Lipinski definition) is 2. The second-order valence-electron chi connectivity index (χ2n) is 5.34. The van der Waals surface area contributed by atoms with Crippen LogP contribution in [0.25, 0.3) is 0 Å². The smallest absolute Gasteiger partial charge is 0.233 e. The van der Waals surface area contributed by atoms with Crippen LogP contribution in [0.2, 0.25) is 0 Å². The van der Waals surface area contributed by atoms with E-state index in [1.54, 1.807) is 0 Å². The van der Waals surface area contributed by atoms with E-state index in [1.807, 2.05) is 43.3 Å². The molecule has 0 bridgehead atoms. The van der Waals surface area contributed by atoms with Crippen LogP contribution in [0.1, 0.15) is 22.6 Å². The predicted molar refractivity (Wildman–Crippen MR) is 88.4 cm³/mol. The van der Waals surface area contributed by atoms with Gasteiger partial charge in [-0.1, -0.05) is 40.2 Å². The number of halogens is 1. The summed E-state index contributed by atoms with van der Waals surface area (Å²) in [4.78, 5) is 12.6. The highest BCUT2D eigenvalue weighted by atomic mass is 79.9. The third-order valence-electron chi connectivity index (χ3n) is 3.84. The van der Waals surface area contributed by atoms with E-state index in [9.17, 15) is 4.79 Å². The first-order valence-electron chi connectivity index (χ1n) is 7.00. The first-order chi connectivity index (χ1) is 10.1. The molecular weight excluding hydrogens is 328 g/mol. The number of aryl methyl sites for hydroxylation is 1. The Kier molecular flexibility index (Phi) is 4.08. The monoisotopic (exact) mass is 344 g/mol. The zero-order valence-electron chi connectivity index (χ0n) is 11.8. The van der Waals surface area contributed by atoms with Crippen LogP contribution < -0.4 is 10.6 Å².